The molecule has 1 atom stereocenters. The number of carbonyl (C=O) groups excluding carboxylic acids is 2. The van der Waals surface area contributed by atoms with Gasteiger partial charge in [0.25, 0.3) is 0 Å². The molecule has 1 N–H and O–H groups in total. The topological polar surface area (TPSA) is 49.4 Å². The van der Waals surface area contributed by atoms with Crippen LogP contribution < -0.4 is 5.32 Å². The zero-order chi connectivity index (χ0) is 21.1. The zero-order valence-corrected chi connectivity index (χ0v) is 18.6. The van der Waals surface area contributed by atoms with Crippen LogP contribution >= 0.6 is 23.4 Å². The summed E-state index contributed by atoms with van der Waals surface area (Å²) in [7, 11) is 0. The van der Waals surface area contributed by atoms with Crippen molar-refractivity contribution in [3.05, 3.63) is 70.7 Å². The van der Waals surface area contributed by atoms with Gasteiger partial charge in [0.1, 0.15) is 6.04 Å². The van der Waals surface area contributed by atoms with Gasteiger partial charge in [0.15, 0.2) is 0 Å². The molecule has 0 aliphatic heterocycles. The van der Waals surface area contributed by atoms with Crippen molar-refractivity contribution in [3.8, 4) is 0 Å². The third kappa shape index (κ3) is 8.11. The highest BCUT2D eigenvalue weighted by atomic mass is 35.5. The van der Waals surface area contributed by atoms with E-state index in [2.05, 4.69) is 5.32 Å². The summed E-state index contributed by atoms with van der Waals surface area (Å²) in [6.07, 6.45) is 1.59. The summed E-state index contributed by atoms with van der Waals surface area (Å²) in [6.45, 7) is 4.95. The summed E-state index contributed by atoms with van der Waals surface area (Å²) in [4.78, 5) is 27.1. The second kappa shape index (κ2) is 12.6. The molecule has 4 nitrogen and oxygen atoms in total. The standard InChI is InChI=1S/C23H29ClN2O2S/c1-3-14-25-23(28)18(2)26(15-13-19-7-5-4-6-8-19)22(27)17-29-16-20-9-11-21(24)12-10-20/h4-12,18H,3,13-17H2,1-2H3,(H,25,28)/t18-/m1/s1. The van der Waals surface area contributed by atoms with Gasteiger partial charge in [-0.1, -0.05) is 61.0 Å². The molecule has 0 saturated carbocycles. The molecule has 0 heterocycles. The highest BCUT2D eigenvalue weighted by Crippen LogP contribution is 2.17. The summed E-state index contributed by atoms with van der Waals surface area (Å²) in [5.74, 6) is 0.948. The van der Waals surface area contributed by atoms with Crippen LogP contribution in [-0.2, 0) is 21.8 Å². The molecule has 156 valence electrons. The van der Waals surface area contributed by atoms with E-state index in [0.29, 0.717) is 23.9 Å². The SMILES string of the molecule is CCCNC(=O)[C@@H](C)N(CCc1ccccc1)C(=O)CSCc1ccc(Cl)cc1. The highest BCUT2D eigenvalue weighted by molar-refractivity contribution is 7.99. The highest BCUT2D eigenvalue weighted by Gasteiger charge is 2.25. The van der Waals surface area contributed by atoms with Crippen molar-refractivity contribution in [2.45, 2.75) is 38.5 Å². The maximum absolute atomic E-state index is 12.9. The minimum Gasteiger partial charge on any atom is -0.354 e. The molecule has 0 bridgehead atoms. The van der Waals surface area contributed by atoms with E-state index in [9.17, 15) is 9.59 Å². The normalized spacial score (nSPS) is 11.7. The summed E-state index contributed by atoms with van der Waals surface area (Å²) in [5.41, 5.74) is 2.28. The lowest BCUT2D eigenvalue weighted by Crippen LogP contribution is -2.49. The van der Waals surface area contributed by atoms with E-state index in [1.165, 1.54) is 0 Å². The van der Waals surface area contributed by atoms with Crippen LogP contribution in [-0.4, -0.2) is 41.6 Å². The predicted molar refractivity (Wildman–Crippen MR) is 122 cm³/mol. The fourth-order valence-corrected chi connectivity index (χ4v) is 3.88. The van der Waals surface area contributed by atoms with Gasteiger partial charge in [0, 0.05) is 23.9 Å². The number of thioether (sulfide) groups is 1. The molecular formula is C23H29ClN2O2S. The molecule has 2 aromatic carbocycles. The van der Waals surface area contributed by atoms with Crippen LogP contribution in [0.25, 0.3) is 0 Å². The van der Waals surface area contributed by atoms with Crippen LogP contribution in [0.4, 0.5) is 0 Å². The van der Waals surface area contributed by atoms with E-state index in [0.717, 1.165) is 29.7 Å². The molecular weight excluding hydrogens is 404 g/mol. The number of carbonyl (C=O) groups is 2. The van der Waals surface area contributed by atoms with Gasteiger partial charge in [0.05, 0.1) is 5.75 Å². The van der Waals surface area contributed by atoms with Gasteiger partial charge in [-0.05, 0) is 43.0 Å². The Morgan fingerprint density at radius 1 is 1.07 bits per heavy atom. The fourth-order valence-electron chi connectivity index (χ4n) is 2.89. The predicted octanol–water partition coefficient (Wildman–Crippen LogP) is 4.56. The molecule has 0 unspecified atom stereocenters. The maximum atomic E-state index is 12.9. The largest absolute Gasteiger partial charge is 0.354 e. The van der Waals surface area contributed by atoms with Crippen molar-refractivity contribution < 1.29 is 9.59 Å². The first kappa shape index (κ1) is 23.3. The average molecular weight is 433 g/mol. The minimum absolute atomic E-state index is 0.0148. The Kier molecular flexibility index (Phi) is 10.1. The number of hydrogen-bond acceptors (Lipinski definition) is 3. The molecule has 0 spiro atoms. The summed E-state index contributed by atoms with van der Waals surface area (Å²) in [5, 5.41) is 3.60. The van der Waals surface area contributed by atoms with E-state index in [-0.39, 0.29) is 11.8 Å². The van der Waals surface area contributed by atoms with E-state index < -0.39 is 6.04 Å². The Labute approximate surface area is 183 Å². The smallest absolute Gasteiger partial charge is 0.242 e. The Morgan fingerprint density at radius 3 is 2.41 bits per heavy atom. The van der Waals surface area contributed by atoms with Gasteiger partial charge in [-0.2, -0.15) is 0 Å². The first-order valence-corrected chi connectivity index (χ1v) is 11.5. The van der Waals surface area contributed by atoms with Crippen molar-refractivity contribution >= 4 is 35.2 Å². The third-order valence-electron chi connectivity index (χ3n) is 4.61. The molecule has 6 heteroatoms. The molecule has 2 aromatic rings. The number of hydrogen-bond donors (Lipinski definition) is 1. The van der Waals surface area contributed by atoms with Crippen LogP contribution in [0.5, 0.6) is 0 Å². The quantitative estimate of drug-likeness (QED) is 0.566. The number of nitrogens with one attached hydrogen (secondary N) is 1. The van der Waals surface area contributed by atoms with Crippen LogP contribution in [0, 0.1) is 0 Å². The lowest BCUT2D eigenvalue weighted by atomic mass is 10.1. The first-order chi connectivity index (χ1) is 14.0. The Hall–Kier alpha value is -1.98. The monoisotopic (exact) mass is 432 g/mol. The molecule has 0 radical (unpaired) electrons. The molecule has 0 aromatic heterocycles. The van der Waals surface area contributed by atoms with Gasteiger partial charge in [-0.15, -0.1) is 11.8 Å². The van der Waals surface area contributed by atoms with Crippen LogP contribution in [0.2, 0.25) is 5.02 Å². The first-order valence-electron chi connectivity index (χ1n) is 9.94. The van der Waals surface area contributed by atoms with Gasteiger partial charge in [0.2, 0.25) is 11.8 Å². The summed E-state index contributed by atoms with van der Waals surface area (Å²) in [6, 6.07) is 17.2. The lowest BCUT2D eigenvalue weighted by Gasteiger charge is -2.28. The van der Waals surface area contributed by atoms with Crippen molar-refractivity contribution in [1.29, 1.82) is 0 Å². The van der Waals surface area contributed by atoms with Gasteiger partial charge < -0.3 is 10.2 Å². The Bertz CT molecular complexity index is 768. The summed E-state index contributed by atoms with van der Waals surface area (Å²) >= 11 is 7.47. The molecule has 29 heavy (non-hydrogen) atoms. The van der Waals surface area contributed by atoms with E-state index >= 15 is 0 Å². The van der Waals surface area contributed by atoms with Gasteiger partial charge in [-0.3, -0.25) is 9.59 Å². The zero-order valence-electron chi connectivity index (χ0n) is 17.1. The second-order valence-electron chi connectivity index (χ2n) is 6.91. The molecule has 0 fully saturated rings. The molecule has 2 amide bonds. The lowest BCUT2D eigenvalue weighted by molar-refractivity contribution is -0.137. The minimum atomic E-state index is -0.492. The fraction of sp³-hybridized carbons (Fsp3) is 0.391. The van der Waals surface area contributed by atoms with Crippen LogP contribution in [0.3, 0.4) is 0 Å². The molecule has 0 saturated heterocycles. The van der Waals surface area contributed by atoms with Crippen molar-refractivity contribution in [1.82, 2.24) is 10.2 Å². The number of nitrogens with zero attached hydrogens (tertiary/aromatic N) is 1. The number of rotatable bonds is 11. The van der Waals surface area contributed by atoms with E-state index in [1.807, 2.05) is 61.5 Å². The van der Waals surface area contributed by atoms with Gasteiger partial charge in [-0.25, -0.2) is 0 Å². The van der Waals surface area contributed by atoms with Crippen molar-refractivity contribution in [3.63, 3.8) is 0 Å². The Morgan fingerprint density at radius 2 is 1.76 bits per heavy atom. The number of halogens is 1. The molecule has 0 aliphatic rings. The van der Waals surface area contributed by atoms with E-state index in [4.69, 9.17) is 11.6 Å². The van der Waals surface area contributed by atoms with Gasteiger partial charge >= 0.3 is 0 Å². The van der Waals surface area contributed by atoms with E-state index in [1.54, 1.807) is 23.6 Å². The summed E-state index contributed by atoms with van der Waals surface area (Å²) < 4.78 is 0. The Balaban J connectivity index is 1.96. The average Bonchev–Trinajstić information content (AvgIpc) is 2.74. The van der Waals surface area contributed by atoms with Crippen LogP contribution in [0.15, 0.2) is 54.6 Å². The maximum Gasteiger partial charge on any atom is 0.242 e. The number of amides is 2. The van der Waals surface area contributed by atoms with Crippen molar-refractivity contribution in [2.75, 3.05) is 18.8 Å². The van der Waals surface area contributed by atoms with Crippen molar-refractivity contribution in [2.24, 2.45) is 0 Å². The third-order valence-corrected chi connectivity index (χ3v) is 5.85. The second-order valence-corrected chi connectivity index (χ2v) is 8.33. The van der Waals surface area contributed by atoms with Crippen LogP contribution in [0.1, 0.15) is 31.4 Å². The number of benzene rings is 2. The molecule has 2 rings (SSSR count). The molecule has 0 aliphatic carbocycles.